The Balaban J connectivity index is 2.15. The van der Waals surface area contributed by atoms with Crippen LogP contribution in [0.1, 0.15) is 16.1 Å². The first-order valence-corrected chi connectivity index (χ1v) is 5.24. The first-order chi connectivity index (χ1) is 7.66. The molecule has 0 radical (unpaired) electrons. The van der Waals surface area contributed by atoms with Crippen LogP contribution in [0, 0.1) is 11.6 Å². The summed E-state index contributed by atoms with van der Waals surface area (Å²) in [7, 11) is 0. The van der Waals surface area contributed by atoms with Gasteiger partial charge in [-0.2, -0.15) is 0 Å². The van der Waals surface area contributed by atoms with Crippen molar-refractivity contribution in [3.05, 3.63) is 46.5 Å². The molecular formula is C10H6F2N2OS. The molecule has 0 saturated heterocycles. The van der Waals surface area contributed by atoms with E-state index < -0.39 is 11.6 Å². The third-order valence-corrected chi connectivity index (χ3v) is 2.50. The second-order valence-corrected chi connectivity index (χ2v) is 3.75. The number of ketones is 1. The van der Waals surface area contributed by atoms with Gasteiger partial charge in [-0.3, -0.25) is 4.79 Å². The van der Waals surface area contributed by atoms with E-state index in [-0.39, 0.29) is 17.9 Å². The number of carbonyl (C=O) groups excluding carboxylic acids is 1. The summed E-state index contributed by atoms with van der Waals surface area (Å²) >= 11 is 1.07. The van der Waals surface area contributed by atoms with E-state index in [1.54, 1.807) is 0 Å². The fourth-order valence-corrected chi connectivity index (χ4v) is 1.67. The van der Waals surface area contributed by atoms with Crippen LogP contribution in [0.5, 0.6) is 0 Å². The number of hydrogen-bond acceptors (Lipinski definition) is 4. The molecule has 0 bridgehead atoms. The number of hydrogen-bond donors (Lipinski definition) is 0. The van der Waals surface area contributed by atoms with Gasteiger partial charge in [-0.1, -0.05) is 10.6 Å². The van der Waals surface area contributed by atoms with Crippen LogP contribution < -0.4 is 0 Å². The molecule has 0 amide bonds. The molecule has 0 spiro atoms. The minimum atomic E-state index is -0.957. The summed E-state index contributed by atoms with van der Waals surface area (Å²) in [4.78, 5) is 11.6. The van der Waals surface area contributed by atoms with Crippen molar-refractivity contribution in [3.8, 4) is 0 Å². The molecule has 2 rings (SSSR count). The van der Waals surface area contributed by atoms with Crippen molar-refractivity contribution >= 4 is 17.3 Å². The maximum Gasteiger partial charge on any atom is 0.188 e. The van der Waals surface area contributed by atoms with Crippen molar-refractivity contribution in [1.29, 1.82) is 0 Å². The lowest BCUT2D eigenvalue weighted by Gasteiger charge is -1.99. The Labute approximate surface area is 93.9 Å². The van der Waals surface area contributed by atoms with Crippen molar-refractivity contribution in [2.75, 3.05) is 0 Å². The fourth-order valence-electron chi connectivity index (χ4n) is 1.21. The van der Waals surface area contributed by atoms with E-state index in [9.17, 15) is 13.6 Å². The molecule has 0 aliphatic carbocycles. The number of aromatic nitrogens is 2. The Kier molecular flexibility index (Phi) is 3.00. The highest BCUT2D eigenvalue weighted by atomic mass is 32.1. The topological polar surface area (TPSA) is 42.9 Å². The van der Waals surface area contributed by atoms with Gasteiger partial charge in [0.15, 0.2) is 17.4 Å². The van der Waals surface area contributed by atoms with Crippen LogP contribution in [0.15, 0.2) is 23.6 Å². The second-order valence-electron chi connectivity index (χ2n) is 3.14. The number of benzene rings is 1. The molecule has 0 N–H and O–H groups in total. The smallest absolute Gasteiger partial charge is 0.188 e. The van der Waals surface area contributed by atoms with Crippen LogP contribution in [-0.4, -0.2) is 15.4 Å². The second kappa shape index (κ2) is 4.44. The van der Waals surface area contributed by atoms with Crippen LogP contribution in [0.25, 0.3) is 0 Å². The van der Waals surface area contributed by atoms with Crippen molar-refractivity contribution in [2.24, 2.45) is 0 Å². The standard InChI is InChI=1S/C10H6F2N2OS/c11-7-2-1-6(3-8(7)12)4-10(15)9-5-16-14-13-9/h1-3,5H,4H2. The molecule has 0 aliphatic rings. The zero-order valence-electron chi connectivity index (χ0n) is 7.98. The molecular weight excluding hydrogens is 234 g/mol. The zero-order valence-corrected chi connectivity index (χ0v) is 8.80. The van der Waals surface area contributed by atoms with Gasteiger partial charge in [0.25, 0.3) is 0 Å². The van der Waals surface area contributed by atoms with E-state index in [2.05, 4.69) is 9.59 Å². The van der Waals surface area contributed by atoms with Gasteiger partial charge in [0.05, 0.1) is 0 Å². The summed E-state index contributed by atoms with van der Waals surface area (Å²) in [6, 6.07) is 3.38. The molecule has 0 aliphatic heterocycles. The van der Waals surface area contributed by atoms with Gasteiger partial charge < -0.3 is 0 Å². The molecule has 0 unspecified atom stereocenters. The molecule has 0 saturated carbocycles. The lowest BCUT2D eigenvalue weighted by Crippen LogP contribution is -2.04. The van der Waals surface area contributed by atoms with Crippen molar-refractivity contribution in [3.63, 3.8) is 0 Å². The Morgan fingerprint density at radius 1 is 1.31 bits per heavy atom. The lowest BCUT2D eigenvalue weighted by molar-refractivity contribution is 0.0988. The average molecular weight is 240 g/mol. The quantitative estimate of drug-likeness (QED) is 0.773. The van der Waals surface area contributed by atoms with Crippen LogP contribution in [0.3, 0.4) is 0 Å². The van der Waals surface area contributed by atoms with Gasteiger partial charge in [-0.25, -0.2) is 8.78 Å². The molecule has 2 aromatic rings. The highest BCUT2D eigenvalue weighted by molar-refractivity contribution is 7.03. The lowest BCUT2D eigenvalue weighted by atomic mass is 10.1. The summed E-state index contributed by atoms with van der Waals surface area (Å²) in [5, 5.41) is 5.12. The van der Waals surface area contributed by atoms with Gasteiger partial charge in [-0.05, 0) is 29.2 Å². The molecule has 82 valence electrons. The Morgan fingerprint density at radius 2 is 2.12 bits per heavy atom. The predicted molar refractivity (Wildman–Crippen MR) is 54.3 cm³/mol. The first kappa shape index (κ1) is 10.8. The van der Waals surface area contributed by atoms with Gasteiger partial charge in [0, 0.05) is 11.8 Å². The molecule has 16 heavy (non-hydrogen) atoms. The molecule has 0 atom stereocenters. The Hall–Kier alpha value is -1.69. The molecule has 3 nitrogen and oxygen atoms in total. The van der Waals surface area contributed by atoms with Gasteiger partial charge >= 0.3 is 0 Å². The molecule has 0 fully saturated rings. The number of Topliss-reactive ketones (excluding diaryl/α,β-unsaturated/α-hetero) is 1. The first-order valence-electron chi connectivity index (χ1n) is 4.41. The van der Waals surface area contributed by atoms with Crippen LogP contribution in [0.4, 0.5) is 8.78 Å². The summed E-state index contributed by atoms with van der Waals surface area (Å²) in [6.45, 7) is 0. The van der Waals surface area contributed by atoms with Crippen molar-refractivity contribution in [1.82, 2.24) is 9.59 Å². The number of halogens is 2. The maximum absolute atomic E-state index is 12.9. The SMILES string of the molecule is O=C(Cc1ccc(F)c(F)c1)c1csnn1. The molecule has 1 heterocycles. The largest absolute Gasteiger partial charge is 0.292 e. The van der Waals surface area contributed by atoms with Crippen LogP contribution >= 0.6 is 11.5 Å². The van der Waals surface area contributed by atoms with E-state index in [0.29, 0.717) is 5.56 Å². The van der Waals surface area contributed by atoms with Gasteiger partial charge in [-0.15, -0.1) is 5.10 Å². The third kappa shape index (κ3) is 2.27. The highest BCUT2D eigenvalue weighted by Crippen LogP contribution is 2.11. The minimum Gasteiger partial charge on any atom is -0.292 e. The van der Waals surface area contributed by atoms with Gasteiger partial charge in [0.2, 0.25) is 0 Å². The third-order valence-electron chi connectivity index (χ3n) is 1.99. The number of rotatable bonds is 3. The minimum absolute atomic E-state index is 0.0113. The van der Waals surface area contributed by atoms with E-state index in [0.717, 1.165) is 23.7 Å². The summed E-state index contributed by atoms with van der Waals surface area (Å²) in [6.07, 6.45) is -0.0113. The van der Waals surface area contributed by atoms with E-state index >= 15 is 0 Å². The zero-order chi connectivity index (χ0) is 11.5. The average Bonchev–Trinajstić information content (AvgIpc) is 2.77. The molecule has 1 aromatic heterocycles. The molecule has 1 aromatic carbocycles. The fraction of sp³-hybridized carbons (Fsp3) is 0.100. The predicted octanol–water partition coefficient (Wildman–Crippen LogP) is 2.24. The molecule has 6 heteroatoms. The Bertz CT molecular complexity index is 514. The van der Waals surface area contributed by atoms with Crippen LogP contribution in [0.2, 0.25) is 0 Å². The van der Waals surface area contributed by atoms with E-state index in [1.807, 2.05) is 0 Å². The van der Waals surface area contributed by atoms with Crippen molar-refractivity contribution < 1.29 is 13.6 Å². The maximum atomic E-state index is 12.9. The van der Waals surface area contributed by atoms with E-state index in [4.69, 9.17) is 0 Å². The summed E-state index contributed by atoms with van der Waals surface area (Å²) < 4.78 is 29.0. The van der Waals surface area contributed by atoms with Crippen LogP contribution in [-0.2, 0) is 6.42 Å². The normalized spacial score (nSPS) is 10.4. The summed E-state index contributed by atoms with van der Waals surface area (Å²) in [5.41, 5.74) is 0.659. The highest BCUT2D eigenvalue weighted by Gasteiger charge is 2.11. The number of nitrogens with zero attached hydrogens (tertiary/aromatic N) is 2. The van der Waals surface area contributed by atoms with Gasteiger partial charge in [0.1, 0.15) is 5.69 Å². The Morgan fingerprint density at radius 3 is 2.75 bits per heavy atom. The monoisotopic (exact) mass is 240 g/mol. The van der Waals surface area contributed by atoms with Crippen molar-refractivity contribution in [2.45, 2.75) is 6.42 Å². The van der Waals surface area contributed by atoms with E-state index in [1.165, 1.54) is 11.4 Å². The number of carbonyl (C=O) groups is 1. The summed E-state index contributed by atoms with van der Waals surface area (Å²) in [5.74, 6) is -2.15.